The molecule has 3 aromatic rings. The van der Waals surface area contributed by atoms with Crippen molar-refractivity contribution in [2.24, 2.45) is 0 Å². The largest absolute Gasteiger partial charge is 0.462 e. The van der Waals surface area contributed by atoms with E-state index in [2.05, 4.69) is 15.4 Å². The van der Waals surface area contributed by atoms with Crippen LogP contribution in [0.5, 0.6) is 0 Å². The van der Waals surface area contributed by atoms with Gasteiger partial charge in [-0.2, -0.15) is 18.3 Å². The summed E-state index contributed by atoms with van der Waals surface area (Å²) in [5.41, 5.74) is -1.64. The molecule has 0 saturated heterocycles. The Morgan fingerprint density at radius 1 is 1.17 bits per heavy atom. The number of ether oxygens (including phenoxy) is 1. The fraction of sp³-hybridized carbons (Fsp3) is 0.158. The van der Waals surface area contributed by atoms with Crippen LogP contribution in [0.4, 0.5) is 18.9 Å². The summed E-state index contributed by atoms with van der Waals surface area (Å²) in [6.45, 7) is 1.80. The SMILES string of the molecule is CCOC(=O)c1cccc(NC(=O)c2cnn(-c3ccccn3)c2C(F)(F)F)c1. The number of anilines is 1. The Hall–Kier alpha value is -3.69. The lowest BCUT2D eigenvalue weighted by Gasteiger charge is -2.12. The number of carbonyl (C=O) groups is 2. The van der Waals surface area contributed by atoms with E-state index in [1.54, 1.807) is 13.0 Å². The van der Waals surface area contributed by atoms with Gasteiger partial charge in [0, 0.05) is 11.9 Å². The second kappa shape index (κ2) is 8.13. The van der Waals surface area contributed by atoms with Crippen LogP contribution in [0, 0.1) is 0 Å². The standard InChI is InChI=1S/C19H15F3N4O3/c1-2-29-18(28)12-6-5-7-13(10-12)25-17(27)14-11-24-26(16(14)19(20,21)22)15-8-3-4-9-23-15/h3-11H,2H2,1H3,(H,25,27). The summed E-state index contributed by atoms with van der Waals surface area (Å²) in [5.74, 6) is -1.72. The number of nitrogens with zero attached hydrogens (tertiary/aromatic N) is 3. The number of aromatic nitrogens is 3. The topological polar surface area (TPSA) is 86.1 Å². The van der Waals surface area contributed by atoms with E-state index < -0.39 is 29.3 Å². The Bertz CT molecular complexity index is 1030. The number of nitrogens with one attached hydrogen (secondary N) is 1. The number of carbonyl (C=O) groups excluding carboxylic acids is 2. The maximum absolute atomic E-state index is 13.7. The average Bonchev–Trinajstić information content (AvgIpc) is 3.15. The van der Waals surface area contributed by atoms with Crippen LogP contribution in [0.25, 0.3) is 5.82 Å². The van der Waals surface area contributed by atoms with Crippen LogP contribution in [0.15, 0.2) is 54.9 Å². The maximum atomic E-state index is 13.7. The molecule has 0 atom stereocenters. The normalized spacial score (nSPS) is 11.2. The first kappa shape index (κ1) is 20.1. The minimum atomic E-state index is -4.85. The molecule has 0 spiro atoms. The summed E-state index contributed by atoms with van der Waals surface area (Å²) in [4.78, 5) is 28.2. The summed E-state index contributed by atoms with van der Waals surface area (Å²) >= 11 is 0. The van der Waals surface area contributed by atoms with Gasteiger partial charge in [-0.1, -0.05) is 12.1 Å². The Balaban J connectivity index is 1.93. The van der Waals surface area contributed by atoms with Crippen LogP contribution in [-0.4, -0.2) is 33.2 Å². The molecule has 10 heteroatoms. The Kier molecular flexibility index (Phi) is 5.62. The average molecular weight is 404 g/mol. The fourth-order valence-electron chi connectivity index (χ4n) is 2.58. The van der Waals surface area contributed by atoms with Crippen molar-refractivity contribution < 1.29 is 27.5 Å². The zero-order valence-corrected chi connectivity index (χ0v) is 15.1. The highest BCUT2D eigenvalue weighted by Crippen LogP contribution is 2.33. The number of rotatable bonds is 5. The molecule has 0 saturated carbocycles. The van der Waals surface area contributed by atoms with Gasteiger partial charge in [0.05, 0.1) is 23.9 Å². The van der Waals surface area contributed by atoms with Gasteiger partial charge in [-0.3, -0.25) is 4.79 Å². The molecule has 0 bridgehead atoms. The first-order valence-corrected chi connectivity index (χ1v) is 8.46. The van der Waals surface area contributed by atoms with Gasteiger partial charge in [0.2, 0.25) is 0 Å². The molecule has 1 N–H and O–H groups in total. The van der Waals surface area contributed by atoms with Crippen molar-refractivity contribution in [3.05, 3.63) is 71.7 Å². The van der Waals surface area contributed by atoms with Gasteiger partial charge in [-0.25, -0.2) is 14.5 Å². The van der Waals surface area contributed by atoms with Crippen molar-refractivity contribution in [2.45, 2.75) is 13.1 Å². The molecule has 0 aliphatic rings. The van der Waals surface area contributed by atoms with E-state index in [-0.39, 0.29) is 23.7 Å². The lowest BCUT2D eigenvalue weighted by atomic mass is 10.1. The van der Waals surface area contributed by atoms with E-state index in [9.17, 15) is 22.8 Å². The number of hydrogen-bond donors (Lipinski definition) is 1. The van der Waals surface area contributed by atoms with Gasteiger partial charge in [-0.05, 0) is 37.3 Å². The second-order valence-electron chi connectivity index (χ2n) is 5.76. The third-order valence-corrected chi connectivity index (χ3v) is 3.78. The van der Waals surface area contributed by atoms with Crippen LogP contribution in [0.2, 0.25) is 0 Å². The minimum absolute atomic E-state index is 0.0804. The van der Waals surface area contributed by atoms with Gasteiger partial charge in [0.25, 0.3) is 5.91 Å². The number of esters is 1. The predicted molar refractivity (Wildman–Crippen MR) is 96.7 cm³/mol. The van der Waals surface area contributed by atoms with Gasteiger partial charge in [0.15, 0.2) is 11.5 Å². The van der Waals surface area contributed by atoms with E-state index in [1.807, 2.05) is 0 Å². The fourth-order valence-corrected chi connectivity index (χ4v) is 2.58. The maximum Gasteiger partial charge on any atom is 0.434 e. The Morgan fingerprint density at radius 2 is 1.97 bits per heavy atom. The van der Waals surface area contributed by atoms with E-state index in [0.29, 0.717) is 4.68 Å². The number of alkyl halides is 3. The molecular formula is C19H15F3N4O3. The summed E-state index contributed by atoms with van der Waals surface area (Å²) in [6, 6.07) is 10.1. The van der Waals surface area contributed by atoms with Crippen molar-refractivity contribution in [2.75, 3.05) is 11.9 Å². The molecule has 2 aromatic heterocycles. The molecule has 7 nitrogen and oxygen atoms in total. The van der Waals surface area contributed by atoms with Crippen molar-refractivity contribution >= 4 is 17.6 Å². The summed E-state index contributed by atoms with van der Waals surface area (Å²) in [7, 11) is 0. The number of halogens is 3. The van der Waals surface area contributed by atoms with Crippen LogP contribution in [0.1, 0.15) is 33.3 Å². The quantitative estimate of drug-likeness (QED) is 0.655. The minimum Gasteiger partial charge on any atom is -0.462 e. The second-order valence-corrected chi connectivity index (χ2v) is 5.76. The zero-order valence-electron chi connectivity index (χ0n) is 15.1. The summed E-state index contributed by atoms with van der Waals surface area (Å²) in [6.07, 6.45) is -2.71. The molecule has 150 valence electrons. The first-order chi connectivity index (χ1) is 13.8. The molecule has 0 fully saturated rings. The highest BCUT2D eigenvalue weighted by atomic mass is 19.4. The number of benzene rings is 1. The monoisotopic (exact) mass is 404 g/mol. The van der Waals surface area contributed by atoms with Crippen molar-refractivity contribution in [1.29, 1.82) is 0 Å². The zero-order chi connectivity index (χ0) is 21.0. The molecule has 1 aromatic carbocycles. The smallest absolute Gasteiger partial charge is 0.434 e. The summed E-state index contributed by atoms with van der Waals surface area (Å²) < 4.78 is 46.4. The number of hydrogen-bond acceptors (Lipinski definition) is 5. The van der Waals surface area contributed by atoms with Crippen molar-refractivity contribution in [3.8, 4) is 5.82 Å². The predicted octanol–water partition coefficient (Wildman–Crippen LogP) is 3.72. The van der Waals surface area contributed by atoms with Crippen LogP contribution in [0.3, 0.4) is 0 Å². The van der Waals surface area contributed by atoms with E-state index in [0.717, 1.165) is 6.20 Å². The third-order valence-electron chi connectivity index (χ3n) is 3.78. The molecule has 0 unspecified atom stereocenters. The molecule has 1 amide bonds. The lowest BCUT2D eigenvalue weighted by molar-refractivity contribution is -0.143. The van der Waals surface area contributed by atoms with Crippen LogP contribution in [-0.2, 0) is 10.9 Å². The van der Waals surface area contributed by atoms with Crippen molar-refractivity contribution in [1.82, 2.24) is 14.8 Å². The van der Waals surface area contributed by atoms with Crippen LogP contribution >= 0.6 is 0 Å². The van der Waals surface area contributed by atoms with Crippen molar-refractivity contribution in [3.63, 3.8) is 0 Å². The Labute approximate surface area is 163 Å². The molecule has 2 heterocycles. The Morgan fingerprint density at radius 3 is 2.62 bits per heavy atom. The van der Waals surface area contributed by atoms with E-state index >= 15 is 0 Å². The number of amides is 1. The highest BCUT2D eigenvalue weighted by molar-refractivity contribution is 6.05. The van der Waals surface area contributed by atoms with Gasteiger partial charge in [-0.15, -0.1) is 0 Å². The van der Waals surface area contributed by atoms with Gasteiger partial charge >= 0.3 is 12.1 Å². The number of pyridine rings is 1. The van der Waals surface area contributed by atoms with Crippen LogP contribution < -0.4 is 5.32 Å². The highest BCUT2D eigenvalue weighted by Gasteiger charge is 2.40. The summed E-state index contributed by atoms with van der Waals surface area (Å²) in [5, 5.41) is 6.04. The molecule has 0 radical (unpaired) electrons. The van der Waals surface area contributed by atoms with Gasteiger partial charge < -0.3 is 10.1 Å². The molecule has 0 aliphatic heterocycles. The third kappa shape index (κ3) is 4.42. The molecule has 0 aliphatic carbocycles. The first-order valence-electron chi connectivity index (χ1n) is 8.46. The molecular weight excluding hydrogens is 389 g/mol. The molecule has 3 rings (SSSR count). The van der Waals surface area contributed by atoms with E-state index in [1.165, 1.54) is 42.6 Å². The van der Waals surface area contributed by atoms with E-state index in [4.69, 9.17) is 4.74 Å². The molecule has 29 heavy (non-hydrogen) atoms. The van der Waals surface area contributed by atoms with Gasteiger partial charge in [0.1, 0.15) is 0 Å². The lowest BCUT2D eigenvalue weighted by Crippen LogP contribution is -2.21.